The number of carbonyl (C=O) groups excluding carboxylic acids is 1. The van der Waals surface area contributed by atoms with E-state index < -0.39 is 17.2 Å². The van der Waals surface area contributed by atoms with Gasteiger partial charge in [-0.05, 0) is 24.8 Å². The summed E-state index contributed by atoms with van der Waals surface area (Å²) in [6, 6.07) is 8.41. The molecule has 19 heavy (non-hydrogen) atoms. The lowest BCUT2D eigenvalue weighted by atomic mass is 9.72. The molecule has 0 saturated carbocycles. The number of ether oxygens (including phenoxy) is 1. The Morgan fingerprint density at radius 3 is 2.58 bits per heavy atom. The van der Waals surface area contributed by atoms with E-state index in [-0.39, 0.29) is 0 Å². The van der Waals surface area contributed by atoms with E-state index in [0.717, 1.165) is 6.42 Å². The summed E-state index contributed by atoms with van der Waals surface area (Å²) >= 11 is 0. The van der Waals surface area contributed by atoms with Crippen molar-refractivity contribution in [1.29, 1.82) is 0 Å². The van der Waals surface area contributed by atoms with Crippen molar-refractivity contribution in [2.45, 2.75) is 30.5 Å². The van der Waals surface area contributed by atoms with E-state index in [2.05, 4.69) is 0 Å². The first-order valence-corrected chi connectivity index (χ1v) is 6.31. The van der Waals surface area contributed by atoms with Crippen molar-refractivity contribution in [3.8, 4) is 0 Å². The van der Waals surface area contributed by atoms with Crippen molar-refractivity contribution in [3.05, 3.63) is 48.0 Å². The maximum atomic E-state index is 12.1. The van der Waals surface area contributed by atoms with E-state index in [1.807, 2.05) is 0 Å². The van der Waals surface area contributed by atoms with Crippen LogP contribution in [0.1, 0.15) is 24.8 Å². The summed E-state index contributed by atoms with van der Waals surface area (Å²) in [6.07, 6.45) is 5.12. The van der Waals surface area contributed by atoms with E-state index in [0.29, 0.717) is 18.4 Å². The van der Waals surface area contributed by atoms with Gasteiger partial charge in [0.15, 0.2) is 0 Å². The zero-order valence-electron chi connectivity index (χ0n) is 10.9. The molecular formula is C15H18O4. The summed E-state index contributed by atoms with van der Waals surface area (Å²) in [6.45, 7) is 0. The van der Waals surface area contributed by atoms with Gasteiger partial charge in [-0.15, -0.1) is 0 Å². The molecule has 102 valence electrons. The number of allylic oxidation sites excluding steroid dienone is 1. The first-order valence-electron chi connectivity index (χ1n) is 6.31. The van der Waals surface area contributed by atoms with Crippen LogP contribution in [-0.4, -0.2) is 28.9 Å². The standard InChI is InChI=1S/C15H18O4/c1-19-13(16)15(18,12-8-4-2-5-9-12)14(17)10-6-3-7-11-14/h2,4-6,8-10,17-18H,3,7,11H2,1H3. The fourth-order valence-corrected chi connectivity index (χ4v) is 2.52. The minimum Gasteiger partial charge on any atom is -0.467 e. The van der Waals surface area contributed by atoms with Crippen molar-refractivity contribution >= 4 is 5.97 Å². The SMILES string of the molecule is COC(=O)C(O)(c1ccccc1)C1(O)C=CCCC1. The lowest BCUT2D eigenvalue weighted by Gasteiger charge is -2.41. The largest absolute Gasteiger partial charge is 0.467 e. The zero-order chi connectivity index (χ0) is 13.9. The van der Waals surface area contributed by atoms with E-state index in [1.54, 1.807) is 36.4 Å². The molecule has 0 amide bonds. The quantitative estimate of drug-likeness (QED) is 0.640. The van der Waals surface area contributed by atoms with Crippen LogP contribution in [-0.2, 0) is 15.1 Å². The number of aliphatic hydroxyl groups is 2. The average molecular weight is 262 g/mol. The normalized spacial score (nSPS) is 25.6. The van der Waals surface area contributed by atoms with Gasteiger partial charge in [0.1, 0.15) is 5.60 Å². The Balaban J connectivity index is 2.55. The molecule has 1 aliphatic carbocycles. The second kappa shape index (κ2) is 5.15. The maximum Gasteiger partial charge on any atom is 0.346 e. The number of carbonyl (C=O) groups is 1. The number of esters is 1. The highest BCUT2D eigenvalue weighted by molar-refractivity contribution is 5.83. The van der Waals surface area contributed by atoms with Gasteiger partial charge >= 0.3 is 5.97 Å². The monoisotopic (exact) mass is 262 g/mol. The van der Waals surface area contributed by atoms with Crippen molar-refractivity contribution in [2.75, 3.05) is 7.11 Å². The molecule has 2 atom stereocenters. The summed E-state index contributed by atoms with van der Waals surface area (Å²) in [5, 5.41) is 21.6. The molecule has 0 heterocycles. The highest BCUT2D eigenvalue weighted by Gasteiger charge is 2.55. The molecule has 1 aliphatic rings. The van der Waals surface area contributed by atoms with Gasteiger partial charge < -0.3 is 14.9 Å². The zero-order valence-corrected chi connectivity index (χ0v) is 10.9. The fourth-order valence-electron chi connectivity index (χ4n) is 2.52. The average Bonchev–Trinajstić information content (AvgIpc) is 2.47. The third-order valence-electron chi connectivity index (χ3n) is 3.62. The maximum absolute atomic E-state index is 12.1. The molecule has 0 radical (unpaired) electrons. The molecule has 0 fully saturated rings. The first kappa shape index (κ1) is 13.8. The van der Waals surface area contributed by atoms with Crippen LogP contribution in [0.25, 0.3) is 0 Å². The molecule has 0 aromatic heterocycles. The van der Waals surface area contributed by atoms with Gasteiger partial charge in [0.05, 0.1) is 7.11 Å². The summed E-state index contributed by atoms with van der Waals surface area (Å²) < 4.78 is 4.71. The van der Waals surface area contributed by atoms with E-state index >= 15 is 0 Å². The molecule has 0 saturated heterocycles. The Bertz CT molecular complexity index is 482. The summed E-state index contributed by atoms with van der Waals surface area (Å²) in [4.78, 5) is 12.1. The van der Waals surface area contributed by atoms with Gasteiger partial charge in [-0.25, -0.2) is 4.79 Å². The second-order valence-electron chi connectivity index (χ2n) is 4.79. The van der Waals surface area contributed by atoms with E-state index in [9.17, 15) is 15.0 Å². The number of rotatable bonds is 3. The van der Waals surface area contributed by atoms with Gasteiger partial charge in [0.25, 0.3) is 0 Å². The molecule has 2 N–H and O–H groups in total. The highest BCUT2D eigenvalue weighted by Crippen LogP contribution is 2.40. The summed E-state index contributed by atoms with van der Waals surface area (Å²) in [5.74, 6) is -0.854. The Morgan fingerprint density at radius 2 is 2.05 bits per heavy atom. The van der Waals surface area contributed by atoms with Crippen LogP contribution in [0.4, 0.5) is 0 Å². The third-order valence-corrected chi connectivity index (χ3v) is 3.62. The van der Waals surface area contributed by atoms with Crippen molar-refractivity contribution in [2.24, 2.45) is 0 Å². The number of hydrogen-bond acceptors (Lipinski definition) is 4. The van der Waals surface area contributed by atoms with Crippen LogP contribution in [0, 0.1) is 0 Å². The van der Waals surface area contributed by atoms with Crippen LogP contribution in [0.5, 0.6) is 0 Å². The fraction of sp³-hybridized carbons (Fsp3) is 0.400. The molecule has 0 bridgehead atoms. The molecule has 0 aliphatic heterocycles. The third kappa shape index (κ3) is 2.17. The van der Waals surface area contributed by atoms with Crippen LogP contribution in [0.15, 0.2) is 42.5 Å². The highest BCUT2D eigenvalue weighted by atomic mass is 16.5. The topological polar surface area (TPSA) is 66.8 Å². The number of benzene rings is 1. The van der Waals surface area contributed by atoms with Gasteiger partial charge in [-0.3, -0.25) is 0 Å². The predicted octanol–water partition coefficient (Wildman–Crippen LogP) is 1.52. The minimum atomic E-state index is -2.08. The lowest BCUT2D eigenvalue weighted by Crippen LogP contribution is -2.56. The van der Waals surface area contributed by atoms with E-state index in [1.165, 1.54) is 13.2 Å². The molecule has 1 aromatic rings. The second-order valence-corrected chi connectivity index (χ2v) is 4.79. The van der Waals surface area contributed by atoms with Crippen LogP contribution in [0.2, 0.25) is 0 Å². The molecule has 2 unspecified atom stereocenters. The Morgan fingerprint density at radius 1 is 1.37 bits per heavy atom. The Kier molecular flexibility index (Phi) is 3.73. The number of methoxy groups -OCH3 is 1. The Labute approximate surface area is 112 Å². The van der Waals surface area contributed by atoms with Gasteiger partial charge in [0.2, 0.25) is 5.60 Å². The van der Waals surface area contributed by atoms with Crippen molar-refractivity contribution in [3.63, 3.8) is 0 Å². The number of hydrogen-bond donors (Lipinski definition) is 2. The molecule has 4 heteroatoms. The van der Waals surface area contributed by atoms with Crippen LogP contribution >= 0.6 is 0 Å². The summed E-state index contributed by atoms with van der Waals surface area (Å²) in [7, 11) is 1.20. The van der Waals surface area contributed by atoms with Gasteiger partial charge in [0, 0.05) is 0 Å². The van der Waals surface area contributed by atoms with Crippen molar-refractivity contribution < 1.29 is 19.7 Å². The van der Waals surface area contributed by atoms with Gasteiger partial charge in [-0.2, -0.15) is 0 Å². The lowest BCUT2D eigenvalue weighted by molar-refractivity contribution is -0.192. The molecule has 4 nitrogen and oxygen atoms in total. The van der Waals surface area contributed by atoms with Crippen molar-refractivity contribution in [1.82, 2.24) is 0 Å². The molecule has 1 aromatic carbocycles. The van der Waals surface area contributed by atoms with Crippen LogP contribution in [0.3, 0.4) is 0 Å². The molecule has 0 spiro atoms. The van der Waals surface area contributed by atoms with E-state index in [4.69, 9.17) is 4.74 Å². The predicted molar refractivity (Wildman–Crippen MR) is 70.3 cm³/mol. The van der Waals surface area contributed by atoms with Crippen LogP contribution < -0.4 is 0 Å². The van der Waals surface area contributed by atoms with Gasteiger partial charge in [-0.1, -0.05) is 42.5 Å². The summed E-state index contributed by atoms with van der Waals surface area (Å²) in [5.41, 5.74) is -3.39. The smallest absolute Gasteiger partial charge is 0.346 e. The Hall–Kier alpha value is -1.65. The molecular weight excluding hydrogens is 244 g/mol. The minimum absolute atomic E-state index is 0.310. The molecule has 2 rings (SSSR count). The first-order chi connectivity index (χ1) is 9.04.